The second-order valence-corrected chi connectivity index (χ2v) is 12.9. The number of ether oxygens (including phenoxy) is 1. The molecule has 2 nitrogen and oxygen atoms in total. The molecule has 14 bridgehead atoms. The van der Waals surface area contributed by atoms with E-state index in [0.717, 1.165) is 70.5 Å². The van der Waals surface area contributed by atoms with Gasteiger partial charge in [-0.25, -0.2) is 0 Å². The normalized spacial score (nSPS) is 76.4. The molecule has 0 heterocycles. The lowest BCUT2D eigenvalue weighted by Crippen LogP contribution is -2.87. The minimum atomic E-state index is -0.0436. The van der Waals surface area contributed by atoms with E-state index < -0.39 is 0 Å². The van der Waals surface area contributed by atoms with Crippen LogP contribution in [0.15, 0.2) is 0 Å². The van der Waals surface area contributed by atoms with Crippen LogP contribution in [0.3, 0.4) is 0 Å². The van der Waals surface area contributed by atoms with Crippen LogP contribution < -0.4 is 0 Å². The summed E-state index contributed by atoms with van der Waals surface area (Å²) in [7, 11) is 0. The maximum absolute atomic E-state index is 12.0. The molecular weight excluding hydrogens is 320 g/mol. The Balaban J connectivity index is 1.31. The number of carbonyl (C=O) groups excluding carboxylic acids is 1. The molecule has 2 heteroatoms. The van der Waals surface area contributed by atoms with Crippen LogP contribution >= 0.6 is 0 Å². The number of hydrogen-bond donors (Lipinski definition) is 0. The molecule has 6 unspecified atom stereocenters. The molecule has 13 fully saturated rings. The first kappa shape index (κ1) is 13.6. The van der Waals surface area contributed by atoms with Crippen molar-refractivity contribution in [1.29, 1.82) is 0 Å². The van der Waals surface area contributed by atoms with Gasteiger partial charge in [0.05, 0.1) is 0 Å². The fourth-order valence-corrected chi connectivity index (χ4v) is 13.9. The fourth-order valence-electron chi connectivity index (χ4n) is 13.9. The predicted molar refractivity (Wildman–Crippen MR) is 94.7 cm³/mol. The Morgan fingerprint density at radius 2 is 1.31 bits per heavy atom. The molecule has 13 aliphatic carbocycles. The van der Waals surface area contributed by atoms with Gasteiger partial charge in [0.25, 0.3) is 0 Å². The third kappa shape index (κ3) is 1.03. The van der Waals surface area contributed by atoms with Gasteiger partial charge in [-0.1, -0.05) is 0 Å². The van der Waals surface area contributed by atoms with E-state index in [0.29, 0.717) is 5.41 Å². The molecule has 0 aliphatic heterocycles. The van der Waals surface area contributed by atoms with Gasteiger partial charge in [-0.05, 0) is 127 Å². The highest BCUT2D eigenvalue weighted by atomic mass is 16.6. The van der Waals surface area contributed by atoms with Crippen molar-refractivity contribution in [3.63, 3.8) is 0 Å². The second-order valence-electron chi connectivity index (χ2n) is 12.9. The van der Waals surface area contributed by atoms with Crippen LogP contribution in [-0.2, 0) is 9.53 Å². The van der Waals surface area contributed by atoms with E-state index in [1.807, 2.05) is 0 Å². The Morgan fingerprint density at radius 1 is 0.731 bits per heavy atom. The van der Waals surface area contributed by atoms with Crippen molar-refractivity contribution in [1.82, 2.24) is 0 Å². The van der Waals surface area contributed by atoms with Crippen molar-refractivity contribution in [2.75, 3.05) is 0 Å². The summed E-state index contributed by atoms with van der Waals surface area (Å²) in [5.41, 5.74) is 1.37. The second kappa shape index (κ2) is 3.45. The fraction of sp³-hybridized carbons (Fsp3) is 0.958. The number of esters is 1. The van der Waals surface area contributed by atoms with E-state index in [4.69, 9.17) is 4.74 Å². The van der Waals surface area contributed by atoms with Crippen molar-refractivity contribution in [3.05, 3.63) is 0 Å². The summed E-state index contributed by atoms with van der Waals surface area (Å²) in [4.78, 5) is 12.0. The molecular formula is C24H30O2. The lowest BCUT2D eigenvalue weighted by Gasteiger charge is -2.91. The first-order valence-corrected chi connectivity index (χ1v) is 11.7. The Morgan fingerprint density at radius 3 is 1.96 bits per heavy atom. The Hall–Kier alpha value is -0.530. The maximum atomic E-state index is 12.0. The zero-order valence-electron chi connectivity index (χ0n) is 15.8. The molecule has 2 spiro atoms. The van der Waals surface area contributed by atoms with E-state index in [-0.39, 0.29) is 11.6 Å². The summed E-state index contributed by atoms with van der Waals surface area (Å²) >= 11 is 0. The van der Waals surface area contributed by atoms with Gasteiger partial charge in [0.1, 0.15) is 5.60 Å². The van der Waals surface area contributed by atoms with Crippen LogP contribution in [0.2, 0.25) is 0 Å². The SMILES string of the molecule is CC(=O)OC12C[C@@H]3C4CC56CC7C[C@@H]8C9CC(C1)([C@@H]3[C@H]5[C@H]9C7)[C@@H]([C@H]86)[C@H]4C2. The van der Waals surface area contributed by atoms with E-state index in [2.05, 4.69) is 0 Å². The number of rotatable bonds is 1. The summed E-state index contributed by atoms with van der Waals surface area (Å²) in [6, 6.07) is 0. The average Bonchev–Trinajstić information content (AvgIpc) is 2.58. The third-order valence-electron chi connectivity index (χ3n) is 12.8. The van der Waals surface area contributed by atoms with Gasteiger partial charge in [-0.15, -0.1) is 0 Å². The Labute approximate surface area is 155 Å². The summed E-state index contributed by atoms with van der Waals surface area (Å²) < 4.78 is 6.21. The van der Waals surface area contributed by atoms with E-state index in [1.165, 1.54) is 19.3 Å². The van der Waals surface area contributed by atoms with Crippen molar-refractivity contribution >= 4 is 5.97 Å². The van der Waals surface area contributed by atoms with Crippen molar-refractivity contribution in [3.8, 4) is 0 Å². The minimum Gasteiger partial charge on any atom is -0.459 e. The highest BCUT2D eigenvalue weighted by Crippen LogP contribution is 2.93. The molecule has 0 aromatic heterocycles. The molecule has 0 amide bonds. The topological polar surface area (TPSA) is 26.3 Å². The summed E-state index contributed by atoms with van der Waals surface area (Å²) in [6.45, 7) is 1.66. The quantitative estimate of drug-likeness (QED) is 0.660. The van der Waals surface area contributed by atoms with Crippen molar-refractivity contribution in [2.45, 2.75) is 63.9 Å². The molecule has 13 rings (SSSR count). The van der Waals surface area contributed by atoms with E-state index in [9.17, 15) is 4.79 Å². The minimum absolute atomic E-state index is 0.00480. The van der Waals surface area contributed by atoms with Gasteiger partial charge >= 0.3 is 5.97 Å². The van der Waals surface area contributed by atoms with Gasteiger partial charge in [0.15, 0.2) is 0 Å². The molecule has 0 aromatic carbocycles. The zero-order chi connectivity index (χ0) is 16.8. The predicted octanol–water partition coefficient (Wildman–Crippen LogP) is 4.28. The maximum Gasteiger partial charge on any atom is 0.303 e. The number of hydrogen-bond acceptors (Lipinski definition) is 2. The molecule has 0 N–H and O–H groups in total. The molecule has 138 valence electrons. The van der Waals surface area contributed by atoms with E-state index in [1.54, 1.807) is 39.0 Å². The van der Waals surface area contributed by atoms with Crippen LogP contribution in [0.5, 0.6) is 0 Å². The van der Waals surface area contributed by atoms with Crippen LogP contribution in [0.4, 0.5) is 0 Å². The Kier molecular flexibility index (Phi) is 1.81. The standard InChI is InChI=1S/C24H30O2/c1-10(25)26-22-5-16-15-7-23-4-11-2-12-14-8-24(9-22,20(16)18(12)23)21(17(15)6-22)19(23)13(14)3-11/h11-21H,2-9H2,1H3/t11?,12-,13+,14?,15?,16+,17-,18+,19-,20-,21+,22?,23?,24?. The smallest absolute Gasteiger partial charge is 0.303 e. The van der Waals surface area contributed by atoms with Crippen molar-refractivity contribution < 1.29 is 9.53 Å². The molecule has 0 aromatic rings. The molecule has 13 aliphatic rings. The Bertz CT molecular complexity index is 758. The van der Waals surface area contributed by atoms with Crippen LogP contribution in [0.1, 0.15) is 58.3 Å². The lowest BCUT2D eigenvalue weighted by molar-refractivity contribution is -0.444. The van der Waals surface area contributed by atoms with Gasteiger partial charge in [-0.3, -0.25) is 4.79 Å². The molecule has 13 saturated carbocycles. The largest absolute Gasteiger partial charge is 0.459 e. The average molecular weight is 351 g/mol. The van der Waals surface area contributed by atoms with Crippen molar-refractivity contribution in [2.24, 2.45) is 75.9 Å². The first-order chi connectivity index (χ1) is 12.6. The highest BCUT2D eigenvalue weighted by molar-refractivity contribution is 5.66. The number of carbonyl (C=O) groups is 1. The summed E-state index contributed by atoms with van der Waals surface area (Å²) in [5.74, 6) is 11.6. The van der Waals surface area contributed by atoms with Gasteiger partial charge in [0, 0.05) is 6.92 Å². The van der Waals surface area contributed by atoms with E-state index >= 15 is 0 Å². The van der Waals surface area contributed by atoms with Gasteiger partial charge < -0.3 is 4.74 Å². The molecule has 0 saturated heterocycles. The first-order valence-electron chi connectivity index (χ1n) is 11.7. The zero-order valence-corrected chi connectivity index (χ0v) is 15.8. The molecule has 26 heavy (non-hydrogen) atoms. The summed E-state index contributed by atoms with van der Waals surface area (Å²) in [6.07, 6.45) is 11.8. The van der Waals surface area contributed by atoms with Crippen LogP contribution in [0, 0.1) is 75.9 Å². The van der Waals surface area contributed by atoms with Gasteiger partial charge in [-0.2, -0.15) is 0 Å². The third-order valence-corrected chi connectivity index (χ3v) is 12.8. The van der Waals surface area contributed by atoms with Crippen LogP contribution in [0.25, 0.3) is 0 Å². The monoisotopic (exact) mass is 350 g/mol. The summed E-state index contributed by atoms with van der Waals surface area (Å²) in [5, 5.41) is 0. The van der Waals surface area contributed by atoms with Crippen LogP contribution in [-0.4, -0.2) is 11.6 Å². The molecule has 14 atom stereocenters. The lowest BCUT2D eigenvalue weighted by atomic mass is 9.13. The molecule has 0 radical (unpaired) electrons. The van der Waals surface area contributed by atoms with Gasteiger partial charge in [0.2, 0.25) is 0 Å². The highest BCUT2D eigenvalue weighted by Gasteiger charge is 2.88.